The number of primary amides is 1. The van der Waals surface area contributed by atoms with E-state index in [9.17, 15) is 39.3 Å². The van der Waals surface area contributed by atoms with Gasteiger partial charge in [-0.3, -0.25) is 29.3 Å². The van der Waals surface area contributed by atoms with Crippen molar-refractivity contribution in [2.24, 2.45) is 5.73 Å². The van der Waals surface area contributed by atoms with Gasteiger partial charge in [-0.15, -0.1) is 11.8 Å². The van der Waals surface area contributed by atoms with Crippen molar-refractivity contribution in [3.63, 3.8) is 0 Å². The summed E-state index contributed by atoms with van der Waals surface area (Å²) in [5.41, 5.74) is 4.95. The zero-order chi connectivity index (χ0) is 31.0. The minimum atomic E-state index is -1.49. The number of carbonyl (C=O) groups excluding carboxylic acids is 4. The van der Waals surface area contributed by atoms with Crippen molar-refractivity contribution in [2.45, 2.75) is 17.5 Å². The standard InChI is InChI=1S/C26H21ClN6O9S/c27-13-6-10(3-4-15(13)34)16(31-21(36)12-7-30-14-2-1-5-29-17(14)20(12)35)22(37)32-18-23(38)33-19(25(39)40)11(8-42-26(28)41)9-43-24(18)33/h1-7,16,18,24,34H,8-9H2,(H2,28,41)(H,30,35)(H,31,36)(H,32,37)(H,39,40)/t16?,18?,24-/m1/s1. The van der Waals surface area contributed by atoms with Gasteiger partial charge in [0.05, 0.1) is 10.5 Å². The summed E-state index contributed by atoms with van der Waals surface area (Å²) in [6.07, 6.45) is 1.40. The van der Waals surface area contributed by atoms with Gasteiger partial charge in [-0.1, -0.05) is 17.7 Å². The Labute approximate surface area is 250 Å². The number of aliphatic carboxylic acids is 1. The van der Waals surface area contributed by atoms with Crippen molar-refractivity contribution in [3.05, 3.63) is 70.1 Å². The summed E-state index contributed by atoms with van der Waals surface area (Å²) in [6.45, 7) is -0.431. The number of β-lactam (4-membered cyclic amide) rings is 1. The van der Waals surface area contributed by atoms with E-state index in [-0.39, 0.29) is 44.4 Å². The number of rotatable bonds is 8. The monoisotopic (exact) mass is 628 g/mol. The van der Waals surface area contributed by atoms with Gasteiger partial charge in [0.2, 0.25) is 5.91 Å². The molecule has 2 aliphatic heterocycles. The Bertz CT molecular complexity index is 1730. The highest BCUT2D eigenvalue weighted by Crippen LogP contribution is 2.40. The number of carbonyl (C=O) groups is 5. The number of nitrogens with one attached hydrogen (secondary N) is 2. The molecule has 7 N–H and O–H groups in total. The van der Waals surface area contributed by atoms with Gasteiger partial charge in [0.15, 0.2) is 5.75 Å². The first-order valence-corrected chi connectivity index (χ1v) is 13.7. The topological polar surface area (TPSA) is 234 Å². The molecule has 1 aromatic carbocycles. The molecular weight excluding hydrogens is 608 g/mol. The van der Waals surface area contributed by atoms with Crippen molar-refractivity contribution >= 4 is 64.2 Å². The average molecular weight is 629 g/mol. The number of hydrogen-bond donors (Lipinski definition) is 6. The Balaban J connectivity index is 1.40. The molecule has 0 spiro atoms. The van der Waals surface area contributed by atoms with Gasteiger partial charge in [0.1, 0.15) is 46.6 Å². The Kier molecular flexibility index (Phi) is 7.97. The number of pyridine rings is 2. The van der Waals surface area contributed by atoms with Crippen LogP contribution in [0.5, 0.6) is 11.5 Å². The van der Waals surface area contributed by atoms with Crippen LogP contribution in [0.3, 0.4) is 0 Å². The summed E-state index contributed by atoms with van der Waals surface area (Å²) in [7, 11) is 0. The quantitative estimate of drug-likeness (QED) is 0.192. The fourth-order valence-corrected chi connectivity index (χ4v) is 6.09. The van der Waals surface area contributed by atoms with E-state index in [4.69, 9.17) is 22.1 Å². The van der Waals surface area contributed by atoms with Crippen LogP contribution in [-0.2, 0) is 19.1 Å². The van der Waals surface area contributed by atoms with Gasteiger partial charge < -0.3 is 36.4 Å². The van der Waals surface area contributed by atoms with Crippen LogP contribution in [0.2, 0.25) is 5.02 Å². The number of amides is 4. The largest absolute Gasteiger partial charge is 0.506 e. The first-order valence-electron chi connectivity index (χ1n) is 12.3. The molecule has 0 bridgehead atoms. The molecule has 1 saturated heterocycles. The lowest BCUT2D eigenvalue weighted by Gasteiger charge is -2.49. The lowest BCUT2D eigenvalue weighted by molar-refractivity contribution is -0.151. The molecule has 3 aromatic rings. The molecular formula is C26H21ClN6O9S. The van der Waals surface area contributed by atoms with E-state index in [1.54, 1.807) is 12.1 Å². The number of halogens is 1. The highest BCUT2D eigenvalue weighted by Gasteiger charge is 2.54. The summed E-state index contributed by atoms with van der Waals surface area (Å²) in [4.78, 5) is 72.0. The number of fused-ring (bicyclic) bond motifs is 2. The third kappa shape index (κ3) is 5.56. The summed E-state index contributed by atoms with van der Waals surface area (Å²) in [6, 6.07) is 4.28. The van der Waals surface area contributed by atoms with E-state index in [1.165, 1.54) is 24.4 Å². The number of thioether (sulfide) groups is 1. The van der Waals surface area contributed by atoms with E-state index in [2.05, 4.69) is 20.6 Å². The number of carboxylic acids is 1. The number of carboxylic acid groups (broad SMARTS) is 1. The van der Waals surface area contributed by atoms with Crippen molar-refractivity contribution in [1.29, 1.82) is 0 Å². The molecule has 5 rings (SSSR count). The maximum Gasteiger partial charge on any atom is 0.404 e. The Hall–Kier alpha value is -5.09. The normalized spacial score (nSPS) is 18.3. The number of hydrogen-bond acceptors (Lipinski definition) is 11. The van der Waals surface area contributed by atoms with Gasteiger partial charge in [-0.05, 0) is 29.8 Å². The molecule has 2 aliphatic rings. The van der Waals surface area contributed by atoms with Crippen LogP contribution in [0.25, 0.3) is 11.0 Å². The lowest BCUT2D eigenvalue weighted by atomic mass is 10.0. The summed E-state index contributed by atoms with van der Waals surface area (Å²) < 4.78 is 4.70. The molecule has 15 nitrogen and oxygen atoms in total. The maximum atomic E-state index is 13.6. The van der Waals surface area contributed by atoms with Crippen molar-refractivity contribution in [3.8, 4) is 11.5 Å². The van der Waals surface area contributed by atoms with Crippen molar-refractivity contribution in [1.82, 2.24) is 25.5 Å². The van der Waals surface area contributed by atoms with Crippen molar-refractivity contribution < 1.29 is 44.0 Å². The molecule has 0 aliphatic carbocycles. The molecule has 1 fully saturated rings. The number of phenolic OH excluding ortho intramolecular Hbond substituents is 1. The fraction of sp³-hybridized carbons (Fsp3) is 0.192. The number of aromatic hydroxyl groups is 2. The first-order chi connectivity index (χ1) is 20.5. The number of aromatic nitrogens is 2. The molecule has 43 heavy (non-hydrogen) atoms. The van der Waals surface area contributed by atoms with E-state index >= 15 is 0 Å². The van der Waals surface area contributed by atoms with Gasteiger partial charge in [-0.25, -0.2) is 9.59 Å². The average Bonchev–Trinajstić information content (AvgIpc) is 2.98. The summed E-state index contributed by atoms with van der Waals surface area (Å²) in [5.74, 6) is -4.67. The minimum Gasteiger partial charge on any atom is -0.506 e. The van der Waals surface area contributed by atoms with Gasteiger partial charge in [0.25, 0.3) is 11.8 Å². The Morgan fingerprint density at radius 1 is 1.21 bits per heavy atom. The number of nitrogens with zero attached hydrogens (tertiary/aromatic N) is 3. The van der Waals surface area contributed by atoms with E-state index in [0.29, 0.717) is 5.52 Å². The summed E-state index contributed by atoms with van der Waals surface area (Å²) >= 11 is 7.17. The van der Waals surface area contributed by atoms with E-state index in [1.807, 2.05) is 0 Å². The molecule has 2 aromatic heterocycles. The third-order valence-corrected chi connectivity index (χ3v) is 8.26. The maximum absolute atomic E-state index is 13.6. The zero-order valence-electron chi connectivity index (χ0n) is 21.7. The number of benzene rings is 1. The van der Waals surface area contributed by atoms with Crippen LogP contribution >= 0.6 is 23.4 Å². The molecule has 0 saturated carbocycles. The van der Waals surface area contributed by atoms with Crippen LogP contribution < -0.4 is 16.4 Å². The van der Waals surface area contributed by atoms with Gasteiger partial charge in [-0.2, -0.15) is 0 Å². The molecule has 3 atom stereocenters. The van der Waals surface area contributed by atoms with Crippen molar-refractivity contribution in [2.75, 3.05) is 12.4 Å². The van der Waals surface area contributed by atoms with Crippen LogP contribution in [0.1, 0.15) is 22.0 Å². The predicted octanol–water partition coefficient (Wildman–Crippen LogP) is 0.999. The minimum absolute atomic E-state index is 0.0567. The van der Waals surface area contributed by atoms with E-state index < -0.39 is 59.6 Å². The SMILES string of the molecule is NC(=O)OCC1=C(C(=O)O)N2C(=O)C(NC(=O)C(NC(=O)c3cnc4cccnc4c3O)c3ccc(O)c(Cl)c3)[C@H]2SC1. The van der Waals surface area contributed by atoms with E-state index in [0.717, 1.165) is 22.9 Å². The van der Waals surface area contributed by atoms with Gasteiger partial charge in [0, 0.05) is 23.7 Å². The third-order valence-electron chi connectivity index (χ3n) is 6.62. The smallest absolute Gasteiger partial charge is 0.404 e. The molecule has 4 heterocycles. The number of ether oxygens (including phenoxy) is 1. The number of nitrogens with two attached hydrogens (primary N) is 1. The fourth-order valence-electron chi connectivity index (χ4n) is 4.57. The second-order valence-electron chi connectivity index (χ2n) is 9.27. The lowest BCUT2D eigenvalue weighted by Crippen LogP contribution is -2.71. The highest BCUT2D eigenvalue weighted by atomic mass is 35.5. The highest BCUT2D eigenvalue weighted by molar-refractivity contribution is 8.00. The second-order valence-corrected chi connectivity index (χ2v) is 10.8. The molecule has 222 valence electrons. The molecule has 4 amide bonds. The molecule has 0 radical (unpaired) electrons. The van der Waals surface area contributed by atoms with Crippen LogP contribution in [0.4, 0.5) is 4.79 Å². The zero-order valence-corrected chi connectivity index (χ0v) is 23.3. The second kappa shape index (κ2) is 11.7. The Morgan fingerprint density at radius 3 is 2.67 bits per heavy atom. The predicted molar refractivity (Wildman–Crippen MR) is 150 cm³/mol. The van der Waals surface area contributed by atoms with Crippen LogP contribution in [0, 0.1) is 0 Å². The molecule has 2 unspecified atom stereocenters. The summed E-state index contributed by atoms with van der Waals surface area (Å²) in [5, 5.41) is 34.4. The van der Waals surface area contributed by atoms with Crippen LogP contribution in [-0.4, -0.2) is 83.7 Å². The molecule has 17 heteroatoms. The van der Waals surface area contributed by atoms with Crippen LogP contribution in [0.15, 0.2) is 54.0 Å². The Morgan fingerprint density at radius 2 is 1.98 bits per heavy atom. The van der Waals surface area contributed by atoms with Gasteiger partial charge >= 0.3 is 12.1 Å². The number of phenols is 1. The first kappa shape index (κ1) is 29.4.